The molecular weight excluding hydrogens is 428 g/mol. The molecule has 3 rings (SSSR count). The number of aromatic nitrogens is 1. The number of nitrogens with one attached hydrogen (secondary N) is 1. The van der Waals surface area contributed by atoms with Gasteiger partial charge in [-0.1, -0.05) is 29.8 Å². The van der Waals surface area contributed by atoms with Crippen LogP contribution in [0, 0.1) is 6.92 Å². The molecule has 0 saturated heterocycles. The molecule has 0 saturated carbocycles. The second-order valence-electron chi connectivity index (χ2n) is 6.69. The Balaban J connectivity index is 1.64. The number of oxazole rings is 1. The molecule has 0 radical (unpaired) electrons. The highest BCUT2D eigenvalue weighted by Crippen LogP contribution is 2.26. The molecule has 1 N–H and O–H groups in total. The van der Waals surface area contributed by atoms with E-state index in [4.69, 9.17) is 20.8 Å². The number of benzene rings is 2. The van der Waals surface area contributed by atoms with E-state index in [1.165, 1.54) is 0 Å². The third-order valence-electron chi connectivity index (χ3n) is 4.30. The summed E-state index contributed by atoms with van der Waals surface area (Å²) in [6.07, 6.45) is 0. The molecule has 1 aromatic heterocycles. The number of rotatable bonds is 8. The summed E-state index contributed by atoms with van der Waals surface area (Å²) in [6, 6.07) is 14.1. The summed E-state index contributed by atoms with van der Waals surface area (Å²) >= 11 is 5.90. The molecule has 1 heterocycles. The van der Waals surface area contributed by atoms with E-state index in [1.807, 2.05) is 0 Å². The average Bonchev–Trinajstić information content (AvgIpc) is 3.06. The van der Waals surface area contributed by atoms with Crippen LogP contribution in [0.15, 0.2) is 52.9 Å². The zero-order chi connectivity index (χ0) is 21.7. The van der Waals surface area contributed by atoms with Crippen molar-refractivity contribution in [2.24, 2.45) is 0 Å². The minimum Gasteiger partial charge on any atom is -0.497 e. The number of hydrogen-bond acceptors (Lipinski definition) is 6. The monoisotopic (exact) mass is 448 g/mol. The summed E-state index contributed by atoms with van der Waals surface area (Å²) in [5.74, 6) is -0.318. The quantitative estimate of drug-likeness (QED) is 0.566. The van der Waals surface area contributed by atoms with Gasteiger partial charge in [-0.05, 0) is 42.8 Å². The van der Waals surface area contributed by atoms with Crippen molar-refractivity contribution >= 4 is 27.3 Å². The number of halogens is 1. The number of ether oxygens (including phenoxy) is 1. The highest BCUT2D eigenvalue weighted by Gasteiger charge is 2.22. The van der Waals surface area contributed by atoms with Gasteiger partial charge < -0.3 is 14.5 Å². The Kier molecular flexibility index (Phi) is 6.79. The van der Waals surface area contributed by atoms with Gasteiger partial charge in [0, 0.05) is 17.1 Å². The Morgan fingerprint density at radius 3 is 2.70 bits per heavy atom. The van der Waals surface area contributed by atoms with Crippen molar-refractivity contribution in [1.29, 1.82) is 0 Å². The topological polar surface area (TPSA) is 98.5 Å². The normalized spacial score (nSPS) is 11.3. The highest BCUT2D eigenvalue weighted by molar-refractivity contribution is 7.91. The maximum absolute atomic E-state index is 12.5. The zero-order valence-corrected chi connectivity index (χ0v) is 18.1. The average molecular weight is 449 g/mol. The van der Waals surface area contributed by atoms with E-state index in [1.54, 1.807) is 62.6 Å². The van der Waals surface area contributed by atoms with Gasteiger partial charge in [0.15, 0.2) is 9.84 Å². The van der Waals surface area contributed by atoms with Crippen LogP contribution < -0.4 is 10.1 Å². The number of amides is 1. The Morgan fingerprint density at radius 2 is 1.97 bits per heavy atom. The van der Waals surface area contributed by atoms with E-state index in [0.717, 1.165) is 5.56 Å². The van der Waals surface area contributed by atoms with E-state index >= 15 is 0 Å². The summed E-state index contributed by atoms with van der Waals surface area (Å²) in [6.45, 7) is 1.83. The number of hydrogen-bond donors (Lipinski definition) is 1. The molecule has 0 unspecified atom stereocenters. The Labute approximate surface area is 180 Å². The molecule has 9 heteroatoms. The van der Waals surface area contributed by atoms with Crippen molar-refractivity contribution in [3.63, 3.8) is 0 Å². The maximum atomic E-state index is 12.5. The second kappa shape index (κ2) is 9.32. The van der Waals surface area contributed by atoms with Gasteiger partial charge in [-0.15, -0.1) is 0 Å². The number of carbonyl (C=O) groups is 1. The number of carbonyl (C=O) groups excluding carboxylic acids is 1. The van der Waals surface area contributed by atoms with Gasteiger partial charge in [-0.25, -0.2) is 13.4 Å². The van der Waals surface area contributed by atoms with E-state index in [-0.39, 0.29) is 12.2 Å². The molecule has 0 bridgehead atoms. The lowest BCUT2D eigenvalue weighted by molar-refractivity contribution is -0.118. The highest BCUT2D eigenvalue weighted by atomic mass is 35.5. The number of nitrogens with zero attached hydrogens (tertiary/aromatic N) is 1. The molecule has 30 heavy (non-hydrogen) atoms. The Morgan fingerprint density at radius 1 is 1.20 bits per heavy atom. The zero-order valence-electron chi connectivity index (χ0n) is 16.5. The molecular formula is C21H21ClN2O5S. The SMILES string of the molecule is COc1cccc(-c2nc(CS(=O)(=O)CC(=O)NCc3cccc(Cl)c3)c(C)o2)c1. The summed E-state index contributed by atoms with van der Waals surface area (Å²) < 4.78 is 35.8. The Hall–Kier alpha value is -2.84. The smallest absolute Gasteiger partial charge is 0.235 e. The predicted molar refractivity (Wildman–Crippen MR) is 114 cm³/mol. The van der Waals surface area contributed by atoms with Crippen LogP contribution in [0.1, 0.15) is 17.0 Å². The van der Waals surface area contributed by atoms with Gasteiger partial charge in [0.05, 0.1) is 18.6 Å². The summed E-state index contributed by atoms with van der Waals surface area (Å²) in [5, 5.41) is 3.14. The molecule has 0 aliphatic rings. The lowest BCUT2D eigenvalue weighted by Gasteiger charge is -2.06. The molecule has 158 valence electrons. The maximum Gasteiger partial charge on any atom is 0.235 e. The predicted octanol–water partition coefficient (Wildman–Crippen LogP) is 3.54. The van der Waals surface area contributed by atoms with Gasteiger partial charge in [-0.3, -0.25) is 4.79 Å². The van der Waals surface area contributed by atoms with E-state index in [9.17, 15) is 13.2 Å². The molecule has 2 aromatic carbocycles. The fourth-order valence-corrected chi connectivity index (χ4v) is 4.30. The number of methoxy groups -OCH3 is 1. The molecule has 7 nitrogen and oxygen atoms in total. The lowest BCUT2D eigenvalue weighted by atomic mass is 10.2. The van der Waals surface area contributed by atoms with Crippen LogP contribution >= 0.6 is 11.6 Å². The first-order valence-corrected chi connectivity index (χ1v) is 11.3. The molecule has 0 spiro atoms. The standard InChI is InChI=1S/C21H21ClN2O5S/c1-14-19(24-21(29-14)16-6-4-8-18(10-16)28-2)12-30(26,27)13-20(25)23-11-15-5-3-7-17(22)9-15/h3-10H,11-13H2,1-2H3,(H,23,25). The van der Waals surface area contributed by atoms with Crippen LogP contribution in [0.3, 0.4) is 0 Å². The van der Waals surface area contributed by atoms with Crippen LogP contribution in [0.4, 0.5) is 0 Å². The van der Waals surface area contributed by atoms with Gasteiger partial charge >= 0.3 is 0 Å². The van der Waals surface area contributed by atoms with Crippen LogP contribution in [-0.2, 0) is 26.9 Å². The molecule has 0 atom stereocenters. The summed E-state index contributed by atoms with van der Waals surface area (Å²) in [5.41, 5.74) is 1.72. The first-order valence-electron chi connectivity index (χ1n) is 9.08. The van der Waals surface area contributed by atoms with Crippen LogP contribution in [0.5, 0.6) is 5.75 Å². The number of sulfone groups is 1. The minimum absolute atomic E-state index is 0.192. The van der Waals surface area contributed by atoms with Crippen LogP contribution in [0.25, 0.3) is 11.5 Å². The third-order valence-corrected chi connectivity index (χ3v) is 5.95. The van der Waals surface area contributed by atoms with Gasteiger partial charge in [-0.2, -0.15) is 0 Å². The minimum atomic E-state index is -3.74. The van der Waals surface area contributed by atoms with Crippen molar-refractivity contribution in [3.8, 4) is 17.2 Å². The fraction of sp³-hybridized carbons (Fsp3) is 0.238. The van der Waals surface area contributed by atoms with Crippen molar-refractivity contribution in [3.05, 3.63) is 70.6 Å². The summed E-state index contributed by atoms with van der Waals surface area (Å²) in [4.78, 5) is 16.4. The fourth-order valence-electron chi connectivity index (χ4n) is 2.80. The molecule has 0 aliphatic carbocycles. The van der Waals surface area contributed by atoms with Gasteiger partial charge in [0.2, 0.25) is 11.8 Å². The van der Waals surface area contributed by atoms with E-state index in [2.05, 4.69) is 10.3 Å². The first-order chi connectivity index (χ1) is 14.3. The lowest BCUT2D eigenvalue weighted by Crippen LogP contribution is -2.30. The Bertz CT molecular complexity index is 1160. The molecule has 3 aromatic rings. The third kappa shape index (κ3) is 5.84. The van der Waals surface area contributed by atoms with Crippen molar-refractivity contribution in [1.82, 2.24) is 10.3 Å². The van der Waals surface area contributed by atoms with E-state index in [0.29, 0.717) is 28.0 Å². The number of aryl methyl sites for hydroxylation is 1. The van der Waals surface area contributed by atoms with Gasteiger partial charge in [0.1, 0.15) is 17.3 Å². The summed E-state index contributed by atoms with van der Waals surface area (Å²) in [7, 11) is -2.18. The first kappa shape index (κ1) is 21.9. The molecule has 1 amide bonds. The van der Waals surface area contributed by atoms with Crippen LogP contribution in [0.2, 0.25) is 5.02 Å². The molecule has 0 fully saturated rings. The van der Waals surface area contributed by atoms with Crippen LogP contribution in [-0.4, -0.2) is 32.2 Å². The van der Waals surface area contributed by atoms with Crippen molar-refractivity contribution in [2.45, 2.75) is 19.2 Å². The largest absolute Gasteiger partial charge is 0.497 e. The molecule has 0 aliphatic heterocycles. The van der Waals surface area contributed by atoms with Gasteiger partial charge in [0.25, 0.3) is 0 Å². The van der Waals surface area contributed by atoms with E-state index < -0.39 is 27.3 Å². The second-order valence-corrected chi connectivity index (χ2v) is 9.19. The van der Waals surface area contributed by atoms with Crippen molar-refractivity contribution in [2.75, 3.05) is 12.9 Å². The van der Waals surface area contributed by atoms with Crippen molar-refractivity contribution < 1.29 is 22.4 Å².